The van der Waals surface area contributed by atoms with Crippen LogP contribution in [0.15, 0.2) is 42.7 Å². The van der Waals surface area contributed by atoms with Gasteiger partial charge in [-0.1, -0.05) is 12.1 Å². The van der Waals surface area contributed by atoms with E-state index in [4.69, 9.17) is 4.74 Å². The first-order chi connectivity index (χ1) is 20.3. The second-order valence-electron chi connectivity index (χ2n) is 11.9. The molecule has 2 unspecified atom stereocenters. The van der Waals surface area contributed by atoms with Crippen LogP contribution in [0.3, 0.4) is 0 Å². The Kier molecular flexibility index (Phi) is 7.06. The van der Waals surface area contributed by atoms with E-state index in [1.807, 2.05) is 6.92 Å². The minimum Gasteiger partial charge on any atom is -0.439 e. The number of alkyl halides is 5. The second kappa shape index (κ2) is 10.4. The summed E-state index contributed by atoms with van der Waals surface area (Å²) in [5, 5.41) is 11.1. The molecule has 0 saturated heterocycles. The Hall–Kier alpha value is -3.87. The Bertz CT molecular complexity index is 1560. The van der Waals surface area contributed by atoms with Crippen LogP contribution in [0.1, 0.15) is 77.3 Å². The van der Waals surface area contributed by atoms with Crippen molar-refractivity contribution in [3.8, 4) is 0 Å². The smallest absolute Gasteiger partial charge is 0.416 e. The number of ether oxygens (including phenoxy) is 1. The molecule has 2 fully saturated rings. The van der Waals surface area contributed by atoms with E-state index in [1.54, 1.807) is 23.7 Å². The van der Waals surface area contributed by atoms with Gasteiger partial charge in [0.2, 0.25) is 12.2 Å². The third-order valence-electron chi connectivity index (χ3n) is 8.85. The monoisotopic (exact) mass is 603 g/mol. The van der Waals surface area contributed by atoms with E-state index in [0.29, 0.717) is 17.3 Å². The number of nitrogens with one attached hydrogen (secondary N) is 1. The van der Waals surface area contributed by atoms with Crippen LogP contribution in [0.2, 0.25) is 0 Å². The van der Waals surface area contributed by atoms with E-state index in [0.717, 1.165) is 23.8 Å². The molecule has 2 aliphatic carbocycles. The van der Waals surface area contributed by atoms with Crippen LogP contribution in [0, 0.1) is 5.92 Å². The second-order valence-corrected chi connectivity index (χ2v) is 11.9. The van der Waals surface area contributed by atoms with Gasteiger partial charge in [-0.25, -0.2) is 8.78 Å². The molecule has 0 radical (unpaired) electrons. The van der Waals surface area contributed by atoms with Gasteiger partial charge in [-0.2, -0.15) is 13.2 Å². The molecule has 1 amide bonds. The number of halogens is 5. The maximum absolute atomic E-state index is 14.4. The molecule has 43 heavy (non-hydrogen) atoms. The van der Waals surface area contributed by atoms with Gasteiger partial charge >= 0.3 is 6.18 Å². The molecule has 1 aromatic heterocycles. The van der Waals surface area contributed by atoms with Gasteiger partial charge in [0, 0.05) is 61.1 Å². The minimum atomic E-state index is -4.84. The lowest BCUT2D eigenvalue weighted by atomic mass is 9.60. The molecule has 6 rings (SSSR count). The van der Waals surface area contributed by atoms with Crippen molar-refractivity contribution in [3.63, 3.8) is 0 Å². The van der Waals surface area contributed by atoms with Crippen molar-refractivity contribution < 1.29 is 36.3 Å². The lowest BCUT2D eigenvalue weighted by molar-refractivity contribution is -0.142. The quantitative estimate of drug-likeness (QED) is 0.245. The lowest BCUT2D eigenvalue weighted by Gasteiger charge is -2.48. The molecule has 1 aliphatic heterocycles. The van der Waals surface area contributed by atoms with Crippen molar-refractivity contribution >= 4 is 18.1 Å². The Labute approximate surface area is 244 Å². The van der Waals surface area contributed by atoms with Gasteiger partial charge in [0.05, 0.1) is 5.56 Å². The van der Waals surface area contributed by atoms with Crippen LogP contribution >= 0.6 is 0 Å². The van der Waals surface area contributed by atoms with Crippen molar-refractivity contribution in [1.82, 2.24) is 20.1 Å². The maximum atomic E-state index is 14.4. The summed E-state index contributed by atoms with van der Waals surface area (Å²) in [7, 11) is 1.70. The summed E-state index contributed by atoms with van der Waals surface area (Å²) in [5.41, 5.74) is -1.96. The zero-order valence-electron chi connectivity index (χ0n) is 23.5. The fourth-order valence-electron chi connectivity index (χ4n) is 6.46. The largest absolute Gasteiger partial charge is 0.439 e. The Morgan fingerprint density at radius 1 is 1.19 bits per heavy atom. The summed E-state index contributed by atoms with van der Waals surface area (Å²) >= 11 is 0. The van der Waals surface area contributed by atoms with Crippen LogP contribution in [-0.4, -0.2) is 39.1 Å². The normalized spacial score (nSPS) is 21.3. The summed E-state index contributed by atoms with van der Waals surface area (Å²) in [6.45, 7) is 2.09. The fourth-order valence-corrected chi connectivity index (χ4v) is 6.46. The zero-order chi connectivity index (χ0) is 30.7. The predicted octanol–water partition coefficient (Wildman–Crippen LogP) is 5.46. The first kappa shape index (κ1) is 29.2. The van der Waals surface area contributed by atoms with Gasteiger partial charge in [-0.3, -0.25) is 14.5 Å². The number of aromatic nitrogens is 3. The topological polar surface area (TPSA) is 89.3 Å². The van der Waals surface area contributed by atoms with E-state index in [1.165, 1.54) is 24.5 Å². The highest BCUT2D eigenvalue weighted by atomic mass is 19.4. The molecule has 13 heteroatoms. The molecule has 1 N–H and O–H groups in total. The molecule has 2 atom stereocenters. The van der Waals surface area contributed by atoms with E-state index in [9.17, 15) is 31.5 Å². The molecule has 2 heterocycles. The molecule has 8 nitrogen and oxygen atoms in total. The number of aryl methyl sites for hydroxylation is 1. The van der Waals surface area contributed by atoms with E-state index >= 15 is 0 Å². The Balaban J connectivity index is 1.39. The van der Waals surface area contributed by atoms with Crippen molar-refractivity contribution in [2.45, 2.75) is 75.4 Å². The molecule has 228 valence electrons. The third kappa shape index (κ3) is 5.39. The molecular formula is C30H30F5N5O3. The summed E-state index contributed by atoms with van der Waals surface area (Å²) < 4.78 is 78.7. The van der Waals surface area contributed by atoms with E-state index < -0.39 is 53.6 Å². The zero-order valence-corrected chi connectivity index (χ0v) is 23.5. The number of hydrogen-bond donors (Lipinski definition) is 1. The van der Waals surface area contributed by atoms with Gasteiger partial charge in [-0.05, 0) is 61.1 Å². The third-order valence-corrected chi connectivity index (χ3v) is 8.85. The number of hydrogen-bond acceptors (Lipinski definition) is 6. The first-order valence-corrected chi connectivity index (χ1v) is 14.0. The molecule has 2 saturated carbocycles. The number of rotatable bonds is 10. The standard InChI is InChI=1S/C30H30F5N5O3/c1-17(19-6-7-19)36-12-18-8-22-25(23(9-18)30(33,34)35)27(43-16-41)40(26(22)42)21-5-3-4-20(10-21)28(13-29(31,32)14-28)11-24-38-37-15-39(24)2/h3-5,8-10,15-17,19,27,36H,6-7,11-14H2,1-2H3. The van der Waals surface area contributed by atoms with Crippen LogP contribution in [0.25, 0.3) is 0 Å². The van der Waals surface area contributed by atoms with Gasteiger partial charge in [0.25, 0.3) is 12.4 Å². The van der Waals surface area contributed by atoms with Gasteiger partial charge in [0.15, 0.2) is 0 Å². The fraction of sp³-hybridized carbons (Fsp3) is 0.467. The van der Waals surface area contributed by atoms with Gasteiger partial charge in [0.1, 0.15) is 12.2 Å². The maximum Gasteiger partial charge on any atom is 0.416 e. The van der Waals surface area contributed by atoms with E-state index in [2.05, 4.69) is 15.5 Å². The Morgan fingerprint density at radius 2 is 1.93 bits per heavy atom. The highest BCUT2D eigenvalue weighted by Crippen LogP contribution is 2.56. The van der Waals surface area contributed by atoms with Gasteiger partial charge < -0.3 is 14.6 Å². The van der Waals surface area contributed by atoms with Crippen molar-refractivity contribution in [1.29, 1.82) is 0 Å². The summed E-state index contributed by atoms with van der Waals surface area (Å²) in [6, 6.07) is 8.66. The molecule has 3 aromatic rings. The first-order valence-electron chi connectivity index (χ1n) is 14.0. The number of nitrogens with zero attached hydrogens (tertiary/aromatic N) is 4. The Morgan fingerprint density at radius 3 is 2.53 bits per heavy atom. The lowest BCUT2D eigenvalue weighted by Crippen LogP contribution is -2.51. The molecule has 2 aromatic carbocycles. The number of carbonyl (C=O) groups is 2. The van der Waals surface area contributed by atoms with E-state index in [-0.39, 0.29) is 42.3 Å². The average molecular weight is 604 g/mol. The van der Waals surface area contributed by atoms with Crippen LogP contribution in [0.4, 0.5) is 27.6 Å². The molecular weight excluding hydrogens is 573 g/mol. The molecule has 0 spiro atoms. The molecule has 0 bridgehead atoms. The summed E-state index contributed by atoms with van der Waals surface area (Å²) in [5.74, 6) is -2.75. The minimum absolute atomic E-state index is 0.00111. The van der Waals surface area contributed by atoms with Gasteiger partial charge in [-0.15, -0.1) is 10.2 Å². The van der Waals surface area contributed by atoms with Crippen molar-refractivity contribution in [2.24, 2.45) is 13.0 Å². The highest BCUT2D eigenvalue weighted by Gasteiger charge is 2.58. The average Bonchev–Trinajstić information content (AvgIpc) is 3.66. The number of amides is 1. The molecule has 3 aliphatic rings. The van der Waals surface area contributed by atoms with Crippen molar-refractivity contribution in [2.75, 3.05) is 4.90 Å². The summed E-state index contributed by atoms with van der Waals surface area (Å²) in [4.78, 5) is 26.3. The number of benzene rings is 2. The van der Waals surface area contributed by atoms with Crippen molar-refractivity contribution in [3.05, 3.63) is 76.4 Å². The SMILES string of the molecule is CC(NCc1cc2c(c(C(F)(F)F)c1)C(OC=O)N(c1cccc(C3(Cc4nncn4C)CC(F)(F)C3)c1)C2=O)C1CC1. The number of carbonyl (C=O) groups excluding carboxylic acids is 2. The number of anilines is 1. The summed E-state index contributed by atoms with van der Waals surface area (Å²) in [6.07, 6.45) is -3.79. The van der Waals surface area contributed by atoms with Crippen LogP contribution in [0.5, 0.6) is 0 Å². The van der Waals surface area contributed by atoms with Crippen LogP contribution in [-0.2, 0) is 41.1 Å². The predicted molar refractivity (Wildman–Crippen MR) is 144 cm³/mol. The number of fused-ring (bicyclic) bond motifs is 1. The van der Waals surface area contributed by atoms with Crippen LogP contribution < -0.4 is 10.2 Å². The highest BCUT2D eigenvalue weighted by molar-refractivity contribution is 6.11.